The summed E-state index contributed by atoms with van der Waals surface area (Å²) < 4.78 is 5.22. The number of aryl methyl sites for hydroxylation is 2. The van der Waals surface area contributed by atoms with Crippen LogP contribution in [-0.2, 0) is 0 Å². The maximum Gasteiger partial charge on any atom is 0.343 e. The molecule has 0 saturated heterocycles. The Hall–Kier alpha value is -3.97. The smallest absolute Gasteiger partial charge is 0.343 e. The number of thiazole rings is 1. The van der Waals surface area contributed by atoms with Crippen LogP contribution in [0.2, 0.25) is 0 Å². The van der Waals surface area contributed by atoms with Gasteiger partial charge in [-0.15, -0.1) is 0 Å². The molecule has 0 aliphatic rings. The van der Waals surface area contributed by atoms with Gasteiger partial charge in [-0.1, -0.05) is 64.9 Å². The van der Waals surface area contributed by atoms with Crippen LogP contribution in [0, 0.1) is 13.8 Å². The molecule has 162 valence electrons. The third kappa shape index (κ3) is 6.52. The number of carbonyl (C=O) groups excluding carboxylic acids is 2. The van der Waals surface area contributed by atoms with E-state index in [1.807, 2.05) is 68.4 Å². The Morgan fingerprint density at radius 3 is 2.09 bits per heavy atom. The van der Waals surface area contributed by atoms with Crippen LogP contribution in [0.3, 0.4) is 0 Å². The van der Waals surface area contributed by atoms with Crippen molar-refractivity contribution < 1.29 is 14.3 Å². The van der Waals surface area contributed by atoms with Crippen molar-refractivity contribution in [2.24, 2.45) is 0 Å². The zero-order chi connectivity index (χ0) is 22.9. The highest BCUT2D eigenvalue weighted by atomic mass is 32.1. The summed E-state index contributed by atoms with van der Waals surface area (Å²) in [6.45, 7) is 4.01. The Bertz CT molecular complexity index is 1170. The van der Waals surface area contributed by atoms with Crippen molar-refractivity contribution in [1.29, 1.82) is 0 Å². The number of nitrogen functional groups attached to an aromatic ring is 1. The molecule has 1 heterocycles. The zero-order valence-electron chi connectivity index (χ0n) is 17.7. The highest BCUT2D eigenvalue weighted by Gasteiger charge is 2.08. The van der Waals surface area contributed by atoms with Gasteiger partial charge in [0.05, 0.1) is 5.56 Å². The number of aldehydes is 1. The number of esters is 1. The Morgan fingerprint density at radius 2 is 1.53 bits per heavy atom. The minimum atomic E-state index is -0.329. The Kier molecular flexibility index (Phi) is 7.72. The van der Waals surface area contributed by atoms with Crippen molar-refractivity contribution in [3.05, 3.63) is 100 Å². The van der Waals surface area contributed by atoms with E-state index >= 15 is 0 Å². The molecular formula is C25H23N3O3S. The van der Waals surface area contributed by atoms with Gasteiger partial charge in [-0.3, -0.25) is 4.79 Å². The molecule has 0 aliphatic carbocycles. The molecule has 0 fully saturated rings. The van der Waals surface area contributed by atoms with Crippen LogP contribution in [0.5, 0.6) is 5.75 Å². The molecule has 3 N–H and O–H groups in total. The number of anilines is 3. The first-order valence-corrected chi connectivity index (χ1v) is 10.7. The fourth-order valence-corrected chi connectivity index (χ4v) is 3.31. The SMILES string of the molecule is Cc1ccc(Nc2nc(N)c(C=O)s2)cc1.Cc1ccc(OC(=O)c2ccccc2)cc1. The number of nitrogens with one attached hydrogen (secondary N) is 1. The molecular weight excluding hydrogens is 422 g/mol. The van der Waals surface area contributed by atoms with Crippen molar-refractivity contribution in [1.82, 2.24) is 4.98 Å². The number of carbonyl (C=O) groups is 2. The first-order valence-electron chi connectivity index (χ1n) is 9.83. The van der Waals surface area contributed by atoms with Crippen LogP contribution in [0.25, 0.3) is 0 Å². The average Bonchev–Trinajstić information content (AvgIpc) is 3.17. The molecule has 0 saturated carbocycles. The molecule has 4 rings (SSSR count). The predicted molar refractivity (Wildman–Crippen MR) is 129 cm³/mol. The summed E-state index contributed by atoms with van der Waals surface area (Å²) in [5.74, 6) is 0.513. The first kappa shape index (κ1) is 22.7. The van der Waals surface area contributed by atoms with E-state index in [1.165, 1.54) is 16.9 Å². The summed E-state index contributed by atoms with van der Waals surface area (Å²) in [4.78, 5) is 26.8. The molecule has 0 aliphatic heterocycles. The molecule has 0 radical (unpaired) electrons. The van der Waals surface area contributed by atoms with Crippen LogP contribution in [0.4, 0.5) is 16.6 Å². The van der Waals surface area contributed by atoms with E-state index in [1.54, 1.807) is 24.3 Å². The molecule has 1 aromatic heterocycles. The summed E-state index contributed by atoms with van der Waals surface area (Å²) in [6, 6.07) is 24.3. The first-order chi connectivity index (χ1) is 15.4. The number of hydrogen-bond donors (Lipinski definition) is 2. The Labute approximate surface area is 190 Å². The Balaban J connectivity index is 0.000000181. The number of nitrogens with two attached hydrogens (primary N) is 1. The van der Waals surface area contributed by atoms with Crippen LogP contribution < -0.4 is 15.8 Å². The number of aromatic nitrogens is 1. The number of hydrogen-bond acceptors (Lipinski definition) is 7. The van der Waals surface area contributed by atoms with Crippen molar-refractivity contribution in [3.63, 3.8) is 0 Å². The lowest BCUT2D eigenvalue weighted by Crippen LogP contribution is -2.07. The third-order valence-electron chi connectivity index (χ3n) is 4.33. The van der Waals surface area contributed by atoms with Crippen molar-refractivity contribution in [3.8, 4) is 5.75 Å². The van der Waals surface area contributed by atoms with Gasteiger partial charge in [0, 0.05) is 5.69 Å². The molecule has 6 nitrogen and oxygen atoms in total. The minimum absolute atomic E-state index is 0.273. The lowest BCUT2D eigenvalue weighted by atomic mass is 10.2. The summed E-state index contributed by atoms with van der Waals surface area (Å²) >= 11 is 1.24. The van der Waals surface area contributed by atoms with Gasteiger partial charge in [-0.25, -0.2) is 9.78 Å². The van der Waals surface area contributed by atoms with Gasteiger partial charge < -0.3 is 15.8 Å². The molecule has 0 unspecified atom stereocenters. The highest BCUT2D eigenvalue weighted by Crippen LogP contribution is 2.26. The second kappa shape index (κ2) is 10.9. The minimum Gasteiger partial charge on any atom is -0.423 e. The van der Waals surface area contributed by atoms with E-state index in [-0.39, 0.29) is 11.8 Å². The van der Waals surface area contributed by atoms with Crippen molar-refractivity contribution in [2.75, 3.05) is 11.1 Å². The van der Waals surface area contributed by atoms with Gasteiger partial charge in [0.2, 0.25) is 0 Å². The maximum atomic E-state index is 11.7. The molecule has 0 atom stereocenters. The van der Waals surface area contributed by atoms with E-state index < -0.39 is 0 Å². The number of rotatable bonds is 5. The summed E-state index contributed by atoms with van der Waals surface area (Å²) in [5.41, 5.74) is 9.37. The quantitative estimate of drug-likeness (QED) is 0.229. The van der Waals surface area contributed by atoms with E-state index in [0.717, 1.165) is 11.3 Å². The maximum absolute atomic E-state index is 11.7. The van der Waals surface area contributed by atoms with Gasteiger partial charge in [-0.05, 0) is 50.2 Å². The molecule has 0 bridgehead atoms. The Morgan fingerprint density at radius 1 is 0.938 bits per heavy atom. The molecule has 32 heavy (non-hydrogen) atoms. The van der Waals surface area contributed by atoms with E-state index in [4.69, 9.17) is 10.5 Å². The summed E-state index contributed by atoms with van der Waals surface area (Å²) in [5, 5.41) is 3.72. The third-order valence-corrected chi connectivity index (χ3v) is 5.24. The summed E-state index contributed by atoms with van der Waals surface area (Å²) in [7, 11) is 0. The van der Waals surface area contributed by atoms with Crippen LogP contribution >= 0.6 is 11.3 Å². The van der Waals surface area contributed by atoms with Crippen molar-refractivity contribution in [2.45, 2.75) is 13.8 Å². The largest absolute Gasteiger partial charge is 0.423 e. The van der Waals surface area contributed by atoms with E-state index in [2.05, 4.69) is 10.3 Å². The second-order valence-electron chi connectivity index (χ2n) is 6.95. The topological polar surface area (TPSA) is 94.3 Å². The lowest BCUT2D eigenvalue weighted by Gasteiger charge is -2.04. The molecule has 0 spiro atoms. The number of nitrogens with zero attached hydrogens (tertiary/aromatic N) is 1. The molecule has 0 amide bonds. The normalized spacial score (nSPS) is 9.94. The van der Waals surface area contributed by atoms with Gasteiger partial charge in [0.1, 0.15) is 16.4 Å². The molecule has 3 aromatic carbocycles. The van der Waals surface area contributed by atoms with Gasteiger partial charge in [-0.2, -0.15) is 0 Å². The summed E-state index contributed by atoms with van der Waals surface area (Å²) in [6.07, 6.45) is 0.716. The van der Waals surface area contributed by atoms with Gasteiger partial charge >= 0.3 is 5.97 Å². The average molecular weight is 446 g/mol. The van der Waals surface area contributed by atoms with E-state index in [9.17, 15) is 9.59 Å². The molecule has 7 heteroatoms. The van der Waals surface area contributed by atoms with Gasteiger partial charge in [0.15, 0.2) is 11.4 Å². The number of benzene rings is 3. The van der Waals surface area contributed by atoms with E-state index in [0.29, 0.717) is 27.6 Å². The number of ether oxygens (including phenoxy) is 1. The van der Waals surface area contributed by atoms with Gasteiger partial charge in [0.25, 0.3) is 0 Å². The standard InChI is InChI=1S/C14H12O2.C11H11N3OS/c1-11-7-9-13(10-8-11)16-14(15)12-5-3-2-4-6-12;1-7-2-4-8(5-3-7)13-11-14-10(12)9(6-15)16-11/h2-10H,1H3;2-6H,12H2,1H3,(H,13,14). The van der Waals surface area contributed by atoms with Crippen LogP contribution in [0.1, 0.15) is 31.2 Å². The molecule has 4 aromatic rings. The second-order valence-corrected chi connectivity index (χ2v) is 7.98. The fourth-order valence-electron chi connectivity index (χ4n) is 2.59. The van der Waals surface area contributed by atoms with Crippen molar-refractivity contribution >= 4 is 40.2 Å². The predicted octanol–water partition coefficient (Wildman–Crippen LogP) is 5.80. The fraction of sp³-hybridized carbons (Fsp3) is 0.0800. The lowest BCUT2D eigenvalue weighted by molar-refractivity contribution is 0.0734. The van der Waals surface area contributed by atoms with Crippen LogP contribution in [-0.4, -0.2) is 17.2 Å². The zero-order valence-corrected chi connectivity index (χ0v) is 18.6. The monoisotopic (exact) mass is 445 g/mol. The highest BCUT2D eigenvalue weighted by molar-refractivity contribution is 7.17. The van der Waals surface area contributed by atoms with Crippen LogP contribution in [0.15, 0.2) is 78.9 Å².